The van der Waals surface area contributed by atoms with Crippen LogP contribution in [-0.2, 0) is 11.8 Å². The average molecular weight is 278 g/mol. The number of ether oxygens (including phenoxy) is 1. The molecule has 0 radical (unpaired) electrons. The maximum atomic E-state index is 6.13. The van der Waals surface area contributed by atoms with Gasteiger partial charge in [-0.15, -0.1) is 0 Å². The minimum Gasteiger partial charge on any atom is -0.379 e. The van der Waals surface area contributed by atoms with Gasteiger partial charge in [-0.1, -0.05) is 5.16 Å². The lowest BCUT2D eigenvalue weighted by atomic mass is 10.2. The Kier molecular flexibility index (Phi) is 3.77. The highest BCUT2D eigenvalue weighted by Crippen LogP contribution is 2.17. The van der Waals surface area contributed by atoms with Gasteiger partial charge in [0.1, 0.15) is 5.69 Å². The predicted molar refractivity (Wildman–Crippen MR) is 70.7 cm³/mol. The van der Waals surface area contributed by atoms with Crippen LogP contribution in [0.4, 0.5) is 0 Å². The normalized spacial score (nSPS) is 18.3. The van der Waals surface area contributed by atoms with Gasteiger partial charge in [-0.05, 0) is 0 Å². The van der Waals surface area contributed by atoms with Gasteiger partial charge in [0.15, 0.2) is 5.82 Å². The van der Waals surface area contributed by atoms with Crippen LogP contribution >= 0.6 is 0 Å². The van der Waals surface area contributed by atoms with E-state index in [1.807, 2.05) is 17.8 Å². The van der Waals surface area contributed by atoms with E-state index in [9.17, 15) is 0 Å². The van der Waals surface area contributed by atoms with Crippen molar-refractivity contribution in [3.63, 3.8) is 0 Å². The van der Waals surface area contributed by atoms with Crippen LogP contribution in [0, 0.1) is 0 Å². The SMILES string of the molecule is Cn1cnc(-c2nc(C(N)CN3CCOCC3)no2)c1. The van der Waals surface area contributed by atoms with E-state index in [-0.39, 0.29) is 6.04 Å². The van der Waals surface area contributed by atoms with Crippen LogP contribution in [0.2, 0.25) is 0 Å². The first-order valence-electron chi connectivity index (χ1n) is 6.60. The van der Waals surface area contributed by atoms with Gasteiger partial charge in [-0.25, -0.2) is 4.98 Å². The van der Waals surface area contributed by atoms with Gasteiger partial charge in [0.2, 0.25) is 0 Å². The molecule has 3 heterocycles. The molecule has 8 heteroatoms. The molecular formula is C12H18N6O2. The Labute approximate surface area is 116 Å². The van der Waals surface area contributed by atoms with Crippen molar-refractivity contribution < 1.29 is 9.26 Å². The van der Waals surface area contributed by atoms with E-state index >= 15 is 0 Å². The van der Waals surface area contributed by atoms with Crippen LogP contribution in [0.15, 0.2) is 17.0 Å². The second-order valence-corrected chi connectivity index (χ2v) is 4.90. The second kappa shape index (κ2) is 5.70. The summed E-state index contributed by atoms with van der Waals surface area (Å²) in [7, 11) is 1.89. The third-order valence-corrected chi connectivity index (χ3v) is 3.26. The summed E-state index contributed by atoms with van der Waals surface area (Å²) in [5.74, 6) is 0.912. The van der Waals surface area contributed by atoms with Gasteiger partial charge in [-0.3, -0.25) is 4.90 Å². The lowest BCUT2D eigenvalue weighted by Gasteiger charge is -2.27. The molecule has 0 amide bonds. The number of nitrogens with two attached hydrogens (primary N) is 1. The van der Waals surface area contributed by atoms with Crippen LogP contribution in [-0.4, -0.2) is 57.4 Å². The Balaban J connectivity index is 1.66. The molecule has 2 N–H and O–H groups in total. The molecule has 2 aromatic rings. The topological polar surface area (TPSA) is 95.2 Å². The van der Waals surface area contributed by atoms with E-state index in [2.05, 4.69) is 20.0 Å². The summed E-state index contributed by atoms with van der Waals surface area (Å²) < 4.78 is 12.3. The number of hydrogen-bond donors (Lipinski definition) is 1. The Morgan fingerprint density at radius 3 is 2.90 bits per heavy atom. The van der Waals surface area contributed by atoms with Gasteiger partial charge in [0.25, 0.3) is 5.89 Å². The lowest BCUT2D eigenvalue weighted by molar-refractivity contribution is 0.0348. The molecule has 1 atom stereocenters. The highest BCUT2D eigenvalue weighted by atomic mass is 16.5. The lowest BCUT2D eigenvalue weighted by Crippen LogP contribution is -2.40. The third kappa shape index (κ3) is 2.87. The monoisotopic (exact) mass is 278 g/mol. The van der Waals surface area contributed by atoms with Crippen molar-refractivity contribution in [2.24, 2.45) is 12.8 Å². The van der Waals surface area contributed by atoms with Crippen molar-refractivity contribution >= 4 is 0 Å². The maximum Gasteiger partial charge on any atom is 0.278 e. The summed E-state index contributed by atoms with van der Waals surface area (Å²) in [6.45, 7) is 3.97. The van der Waals surface area contributed by atoms with Crippen molar-refractivity contribution in [1.29, 1.82) is 0 Å². The van der Waals surface area contributed by atoms with Crippen LogP contribution in [0.25, 0.3) is 11.6 Å². The molecule has 0 aromatic carbocycles. The van der Waals surface area contributed by atoms with Crippen LogP contribution < -0.4 is 5.73 Å². The molecule has 108 valence electrons. The molecule has 0 bridgehead atoms. The fraction of sp³-hybridized carbons (Fsp3) is 0.583. The Morgan fingerprint density at radius 2 is 2.20 bits per heavy atom. The smallest absolute Gasteiger partial charge is 0.278 e. The summed E-state index contributed by atoms with van der Waals surface area (Å²) in [6, 6.07) is -0.269. The predicted octanol–water partition coefficient (Wildman–Crippen LogP) is -0.198. The first-order chi connectivity index (χ1) is 9.72. The van der Waals surface area contributed by atoms with Gasteiger partial charge >= 0.3 is 0 Å². The Morgan fingerprint density at radius 1 is 1.40 bits per heavy atom. The minimum absolute atomic E-state index is 0.269. The fourth-order valence-corrected chi connectivity index (χ4v) is 2.16. The molecule has 1 saturated heterocycles. The van der Waals surface area contributed by atoms with Gasteiger partial charge in [0, 0.05) is 32.9 Å². The molecule has 20 heavy (non-hydrogen) atoms. The van der Waals surface area contributed by atoms with E-state index in [0.29, 0.717) is 24.0 Å². The summed E-state index contributed by atoms with van der Waals surface area (Å²) in [5.41, 5.74) is 6.79. The number of rotatable bonds is 4. The minimum atomic E-state index is -0.269. The van der Waals surface area contributed by atoms with Crippen molar-refractivity contribution in [2.75, 3.05) is 32.8 Å². The summed E-state index contributed by atoms with van der Waals surface area (Å²) >= 11 is 0. The van der Waals surface area contributed by atoms with Gasteiger partial charge in [0.05, 0.1) is 25.6 Å². The first-order valence-corrected chi connectivity index (χ1v) is 6.60. The molecule has 0 saturated carbocycles. The zero-order valence-corrected chi connectivity index (χ0v) is 11.4. The first kappa shape index (κ1) is 13.2. The number of hydrogen-bond acceptors (Lipinski definition) is 7. The number of morpholine rings is 1. The van der Waals surface area contributed by atoms with Gasteiger partial charge < -0.3 is 19.6 Å². The van der Waals surface area contributed by atoms with Gasteiger partial charge in [-0.2, -0.15) is 4.98 Å². The molecule has 1 unspecified atom stereocenters. The van der Waals surface area contributed by atoms with E-state index in [1.165, 1.54) is 0 Å². The average Bonchev–Trinajstić information content (AvgIpc) is 3.08. The maximum absolute atomic E-state index is 6.13. The third-order valence-electron chi connectivity index (χ3n) is 3.26. The quantitative estimate of drug-likeness (QED) is 0.827. The van der Waals surface area contributed by atoms with E-state index < -0.39 is 0 Å². The standard InChI is InChI=1S/C12H18N6O2/c1-17-7-10(14-8-17)12-15-11(16-20-12)9(13)6-18-2-4-19-5-3-18/h7-9H,2-6,13H2,1H3. The summed E-state index contributed by atoms with van der Waals surface area (Å²) in [6.07, 6.45) is 3.51. The van der Waals surface area contributed by atoms with Crippen molar-refractivity contribution in [1.82, 2.24) is 24.6 Å². The molecule has 2 aromatic heterocycles. The van der Waals surface area contributed by atoms with Crippen LogP contribution in [0.3, 0.4) is 0 Å². The van der Waals surface area contributed by atoms with Crippen LogP contribution in [0.1, 0.15) is 11.9 Å². The van der Waals surface area contributed by atoms with E-state index in [1.54, 1.807) is 6.33 Å². The fourth-order valence-electron chi connectivity index (χ4n) is 2.16. The summed E-state index contributed by atoms with van der Waals surface area (Å²) in [5, 5.41) is 3.95. The highest BCUT2D eigenvalue weighted by molar-refractivity contribution is 5.44. The highest BCUT2D eigenvalue weighted by Gasteiger charge is 2.20. The van der Waals surface area contributed by atoms with E-state index in [0.717, 1.165) is 26.3 Å². The molecule has 1 fully saturated rings. The molecule has 1 aliphatic rings. The molecule has 8 nitrogen and oxygen atoms in total. The Hall–Kier alpha value is -1.77. The zero-order chi connectivity index (χ0) is 13.9. The van der Waals surface area contributed by atoms with Crippen molar-refractivity contribution in [3.8, 4) is 11.6 Å². The number of nitrogens with zero attached hydrogens (tertiary/aromatic N) is 5. The molecule has 0 aliphatic carbocycles. The van der Waals surface area contributed by atoms with Crippen molar-refractivity contribution in [2.45, 2.75) is 6.04 Å². The second-order valence-electron chi connectivity index (χ2n) is 4.90. The summed E-state index contributed by atoms with van der Waals surface area (Å²) in [4.78, 5) is 10.7. The molecular weight excluding hydrogens is 260 g/mol. The zero-order valence-electron chi connectivity index (χ0n) is 11.4. The molecule has 3 rings (SSSR count). The molecule has 1 aliphatic heterocycles. The van der Waals surface area contributed by atoms with E-state index in [4.69, 9.17) is 15.0 Å². The van der Waals surface area contributed by atoms with Crippen LogP contribution in [0.5, 0.6) is 0 Å². The largest absolute Gasteiger partial charge is 0.379 e. The number of aromatic nitrogens is 4. The molecule has 0 spiro atoms. The number of imidazole rings is 1. The Bertz CT molecular complexity index is 560. The van der Waals surface area contributed by atoms with Crippen molar-refractivity contribution in [3.05, 3.63) is 18.3 Å². The number of aryl methyl sites for hydroxylation is 1.